The van der Waals surface area contributed by atoms with Crippen LogP contribution in [0.1, 0.15) is 5.56 Å². The molecule has 0 spiro atoms. The number of hydrogen-bond donors (Lipinski definition) is 1. The molecule has 3 rings (SSSR count). The fourth-order valence-electron chi connectivity index (χ4n) is 1.97. The summed E-state index contributed by atoms with van der Waals surface area (Å²) in [4.78, 5) is 4.52. The topological polar surface area (TPSA) is 51.2 Å². The first kappa shape index (κ1) is 10.1. The minimum atomic E-state index is 0.0304. The Hall–Kier alpha value is -2.07. The van der Waals surface area contributed by atoms with Crippen LogP contribution in [0.25, 0.3) is 22.6 Å². The molecule has 0 amide bonds. The molecule has 0 unspecified atom stereocenters. The van der Waals surface area contributed by atoms with Crippen molar-refractivity contribution in [2.45, 2.75) is 6.61 Å². The average molecular weight is 228 g/mol. The van der Waals surface area contributed by atoms with Crippen molar-refractivity contribution in [3.8, 4) is 11.6 Å². The Morgan fingerprint density at radius 1 is 1.35 bits per heavy atom. The minimum Gasteiger partial charge on any atom is -0.461 e. The fourth-order valence-corrected chi connectivity index (χ4v) is 1.97. The van der Waals surface area contributed by atoms with Gasteiger partial charge in [0.2, 0.25) is 0 Å². The Labute approximate surface area is 98.1 Å². The van der Waals surface area contributed by atoms with Crippen LogP contribution < -0.4 is 0 Å². The summed E-state index contributed by atoms with van der Waals surface area (Å²) >= 11 is 0. The van der Waals surface area contributed by atoms with E-state index in [1.165, 1.54) is 0 Å². The molecule has 1 aromatic carbocycles. The van der Waals surface area contributed by atoms with Gasteiger partial charge in [-0.25, -0.2) is 4.98 Å². The molecule has 17 heavy (non-hydrogen) atoms. The maximum atomic E-state index is 9.10. The van der Waals surface area contributed by atoms with E-state index in [9.17, 15) is 0 Å². The summed E-state index contributed by atoms with van der Waals surface area (Å²) in [5.41, 5.74) is 2.75. The van der Waals surface area contributed by atoms with E-state index in [2.05, 4.69) is 4.98 Å². The van der Waals surface area contributed by atoms with Gasteiger partial charge in [-0.1, -0.05) is 6.07 Å². The van der Waals surface area contributed by atoms with Crippen LogP contribution in [0, 0.1) is 0 Å². The average Bonchev–Trinajstić information content (AvgIpc) is 2.97. The van der Waals surface area contributed by atoms with Gasteiger partial charge < -0.3 is 14.1 Å². The molecule has 0 bridgehead atoms. The Bertz CT molecular complexity index is 653. The SMILES string of the molecule is Cn1c(-c2ccco2)nc2cc(CO)ccc21. The minimum absolute atomic E-state index is 0.0304. The fraction of sp³-hybridized carbons (Fsp3) is 0.154. The van der Waals surface area contributed by atoms with Crippen molar-refractivity contribution in [3.05, 3.63) is 42.2 Å². The summed E-state index contributed by atoms with van der Waals surface area (Å²) < 4.78 is 7.34. The van der Waals surface area contributed by atoms with Crippen molar-refractivity contribution in [1.82, 2.24) is 9.55 Å². The van der Waals surface area contributed by atoms with Gasteiger partial charge in [-0.3, -0.25) is 0 Å². The van der Waals surface area contributed by atoms with Gasteiger partial charge in [0.15, 0.2) is 11.6 Å². The Morgan fingerprint density at radius 3 is 2.94 bits per heavy atom. The van der Waals surface area contributed by atoms with Crippen molar-refractivity contribution in [3.63, 3.8) is 0 Å². The number of aliphatic hydroxyl groups is 1. The van der Waals surface area contributed by atoms with Gasteiger partial charge in [0.25, 0.3) is 0 Å². The second kappa shape index (κ2) is 3.75. The van der Waals surface area contributed by atoms with Crippen LogP contribution in [0.3, 0.4) is 0 Å². The second-order valence-electron chi connectivity index (χ2n) is 3.95. The molecule has 0 fully saturated rings. The van der Waals surface area contributed by atoms with Crippen molar-refractivity contribution >= 4 is 11.0 Å². The lowest BCUT2D eigenvalue weighted by Gasteiger charge is -1.99. The van der Waals surface area contributed by atoms with Crippen molar-refractivity contribution in [2.75, 3.05) is 0 Å². The molecular formula is C13H12N2O2. The highest BCUT2D eigenvalue weighted by molar-refractivity contribution is 5.80. The lowest BCUT2D eigenvalue weighted by molar-refractivity contribution is 0.282. The number of aryl methyl sites for hydroxylation is 1. The third-order valence-corrected chi connectivity index (χ3v) is 2.87. The van der Waals surface area contributed by atoms with E-state index in [-0.39, 0.29) is 6.61 Å². The zero-order valence-electron chi connectivity index (χ0n) is 9.42. The van der Waals surface area contributed by atoms with E-state index in [0.717, 1.165) is 28.2 Å². The summed E-state index contributed by atoms with van der Waals surface area (Å²) in [5.74, 6) is 1.54. The number of hydrogen-bond acceptors (Lipinski definition) is 3. The van der Waals surface area contributed by atoms with Crippen LogP contribution >= 0.6 is 0 Å². The first-order valence-corrected chi connectivity index (χ1v) is 5.39. The molecule has 0 atom stereocenters. The summed E-state index contributed by atoms with van der Waals surface area (Å²) in [7, 11) is 1.95. The van der Waals surface area contributed by atoms with E-state index in [0.29, 0.717) is 0 Å². The smallest absolute Gasteiger partial charge is 0.176 e. The highest BCUT2D eigenvalue weighted by Crippen LogP contribution is 2.24. The van der Waals surface area contributed by atoms with E-state index >= 15 is 0 Å². The molecule has 0 radical (unpaired) electrons. The standard InChI is InChI=1S/C13H12N2O2/c1-15-11-5-4-9(8-16)7-10(11)14-13(15)12-3-2-6-17-12/h2-7,16H,8H2,1H3. The molecule has 2 heterocycles. The number of furan rings is 1. The molecule has 0 aliphatic heterocycles. The van der Waals surface area contributed by atoms with Crippen LogP contribution in [-0.4, -0.2) is 14.7 Å². The maximum absolute atomic E-state index is 9.10. The Kier molecular flexibility index (Phi) is 2.23. The maximum Gasteiger partial charge on any atom is 0.176 e. The predicted octanol–water partition coefficient (Wildman–Crippen LogP) is 2.33. The first-order valence-electron chi connectivity index (χ1n) is 5.39. The lowest BCUT2D eigenvalue weighted by atomic mass is 10.2. The number of benzene rings is 1. The summed E-state index contributed by atoms with van der Waals surface area (Å²) in [6.07, 6.45) is 1.63. The Balaban J connectivity index is 2.24. The number of nitrogens with zero attached hydrogens (tertiary/aromatic N) is 2. The number of rotatable bonds is 2. The quantitative estimate of drug-likeness (QED) is 0.732. The highest BCUT2D eigenvalue weighted by Gasteiger charge is 2.11. The molecule has 0 aliphatic carbocycles. The van der Waals surface area contributed by atoms with Gasteiger partial charge in [-0.05, 0) is 29.8 Å². The van der Waals surface area contributed by atoms with Crippen molar-refractivity contribution in [2.24, 2.45) is 7.05 Å². The van der Waals surface area contributed by atoms with Gasteiger partial charge in [-0.15, -0.1) is 0 Å². The van der Waals surface area contributed by atoms with Crippen LogP contribution in [0.4, 0.5) is 0 Å². The number of aliphatic hydroxyl groups excluding tert-OH is 1. The van der Waals surface area contributed by atoms with Crippen LogP contribution in [0.2, 0.25) is 0 Å². The van der Waals surface area contributed by atoms with Gasteiger partial charge >= 0.3 is 0 Å². The zero-order valence-corrected chi connectivity index (χ0v) is 9.42. The predicted molar refractivity (Wildman–Crippen MR) is 64.3 cm³/mol. The van der Waals surface area contributed by atoms with Crippen molar-refractivity contribution < 1.29 is 9.52 Å². The Morgan fingerprint density at radius 2 is 2.24 bits per heavy atom. The van der Waals surface area contributed by atoms with E-state index < -0.39 is 0 Å². The van der Waals surface area contributed by atoms with Gasteiger partial charge in [0.05, 0.1) is 23.9 Å². The number of aromatic nitrogens is 2. The van der Waals surface area contributed by atoms with Crippen molar-refractivity contribution in [1.29, 1.82) is 0 Å². The summed E-state index contributed by atoms with van der Waals surface area (Å²) in [6, 6.07) is 9.47. The molecule has 3 aromatic rings. The highest BCUT2D eigenvalue weighted by atomic mass is 16.3. The lowest BCUT2D eigenvalue weighted by Crippen LogP contribution is -1.91. The second-order valence-corrected chi connectivity index (χ2v) is 3.95. The molecule has 1 N–H and O–H groups in total. The first-order chi connectivity index (χ1) is 8.29. The molecule has 0 saturated carbocycles. The zero-order chi connectivity index (χ0) is 11.8. The molecule has 0 saturated heterocycles. The summed E-state index contributed by atoms with van der Waals surface area (Å²) in [6.45, 7) is 0.0304. The third-order valence-electron chi connectivity index (χ3n) is 2.87. The molecule has 4 nitrogen and oxygen atoms in total. The normalized spacial score (nSPS) is 11.2. The molecule has 86 valence electrons. The molecular weight excluding hydrogens is 216 g/mol. The van der Waals surface area contributed by atoms with E-state index in [1.54, 1.807) is 6.26 Å². The number of fused-ring (bicyclic) bond motifs is 1. The van der Waals surface area contributed by atoms with E-state index in [4.69, 9.17) is 9.52 Å². The van der Waals surface area contributed by atoms with Gasteiger partial charge in [0, 0.05) is 7.05 Å². The third kappa shape index (κ3) is 1.54. The molecule has 0 aliphatic rings. The molecule has 4 heteroatoms. The largest absolute Gasteiger partial charge is 0.461 e. The van der Waals surface area contributed by atoms with Gasteiger partial charge in [0.1, 0.15) is 0 Å². The van der Waals surface area contributed by atoms with Crippen LogP contribution in [-0.2, 0) is 13.7 Å². The number of imidazole rings is 1. The van der Waals surface area contributed by atoms with E-state index in [1.807, 2.05) is 41.9 Å². The molecule has 2 aromatic heterocycles. The van der Waals surface area contributed by atoms with Crippen LogP contribution in [0.15, 0.2) is 41.0 Å². The van der Waals surface area contributed by atoms with Gasteiger partial charge in [-0.2, -0.15) is 0 Å². The monoisotopic (exact) mass is 228 g/mol. The van der Waals surface area contributed by atoms with Crippen LogP contribution in [0.5, 0.6) is 0 Å². The summed E-state index contributed by atoms with van der Waals surface area (Å²) in [5, 5.41) is 9.10.